The number of rotatable bonds is 6. The van der Waals surface area contributed by atoms with Gasteiger partial charge in [-0.15, -0.1) is 11.3 Å². The molecule has 0 unspecified atom stereocenters. The Morgan fingerprint density at radius 3 is 2.28 bits per heavy atom. The summed E-state index contributed by atoms with van der Waals surface area (Å²) in [7, 11) is 0. The van der Waals surface area contributed by atoms with E-state index < -0.39 is 23.6 Å². The van der Waals surface area contributed by atoms with E-state index in [0.717, 1.165) is 21.4 Å². The Kier molecular flexibility index (Phi) is 7.25. The molecule has 0 atom stereocenters. The molecule has 0 fully saturated rings. The van der Waals surface area contributed by atoms with Gasteiger partial charge in [-0.05, 0) is 50.1 Å². The lowest BCUT2D eigenvalue weighted by Gasteiger charge is -2.26. The van der Waals surface area contributed by atoms with Crippen LogP contribution in [-0.2, 0) is 11.3 Å². The predicted molar refractivity (Wildman–Crippen MR) is 125 cm³/mol. The first-order valence-corrected chi connectivity index (χ1v) is 11.0. The fourth-order valence-corrected chi connectivity index (χ4v) is 4.33. The van der Waals surface area contributed by atoms with Gasteiger partial charge in [0.1, 0.15) is 11.6 Å². The molecule has 0 spiro atoms. The van der Waals surface area contributed by atoms with Gasteiger partial charge in [0.25, 0.3) is 0 Å². The molecular formula is C24H25F2N3O2S. The molecule has 0 bridgehead atoms. The predicted octanol–water partition coefficient (Wildman–Crippen LogP) is 6.40. The van der Waals surface area contributed by atoms with Crippen LogP contribution in [0.15, 0.2) is 48.5 Å². The number of nitrogens with zero attached hydrogens (tertiary/aromatic N) is 1. The van der Waals surface area contributed by atoms with E-state index in [0.29, 0.717) is 12.6 Å². The third-order valence-corrected chi connectivity index (χ3v) is 5.99. The monoisotopic (exact) mass is 457 g/mol. The summed E-state index contributed by atoms with van der Waals surface area (Å²) < 4.78 is 28.2. The van der Waals surface area contributed by atoms with Crippen LogP contribution in [0.2, 0.25) is 0 Å². The van der Waals surface area contributed by atoms with Crippen LogP contribution in [-0.4, -0.2) is 22.9 Å². The number of hydrogen-bond acceptors (Lipinski definition) is 3. The summed E-state index contributed by atoms with van der Waals surface area (Å²) in [5, 5.41) is 4.78. The van der Waals surface area contributed by atoms with Crippen LogP contribution in [0.4, 0.5) is 25.0 Å². The van der Waals surface area contributed by atoms with Crippen molar-refractivity contribution < 1.29 is 18.4 Å². The molecule has 0 saturated heterocycles. The number of urea groups is 1. The third kappa shape index (κ3) is 5.50. The standard InChI is InChI=1S/C24H25F2N3O2S/c1-14(2)29(13-17-9-10-23(32-17)18-8-6-5-7-15(18)3)24(31)28-22-12-21(27-16(4)30)19(25)11-20(22)26/h5-12,14H,13H2,1-4H3,(H,27,30)(H,28,31). The second kappa shape index (κ2) is 9.91. The van der Waals surface area contributed by atoms with Crippen LogP contribution in [0, 0.1) is 18.6 Å². The number of thiophene rings is 1. The highest BCUT2D eigenvalue weighted by molar-refractivity contribution is 7.15. The number of carbonyl (C=O) groups excluding carboxylic acids is 2. The van der Waals surface area contributed by atoms with Crippen molar-refractivity contribution >= 4 is 34.6 Å². The van der Waals surface area contributed by atoms with E-state index in [1.807, 2.05) is 38.1 Å². The van der Waals surface area contributed by atoms with Crippen molar-refractivity contribution in [2.75, 3.05) is 10.6 Å². The Morgan fingerprint density at radius 2 is 1.66 bits per heavy atom. The maximum absolute atomic E-state index is 14.3. The van der Waals surface area contributed by atoms with Gasteiger partial charge in [-0.1, -0.05) is 24.3 Å². The van der Waals surface area contributed by atoms with Crippen molar-refractivity contribution in [3.8, 4) is 10.4 Å². The Bertz CT molecular complexity index is 1140. The molecule has 8 heteroatoms. The lowest BCUT2D eigenvalue weighted by Crippen LogP contribution is -2.39. The fourth-order valence-electron chi connectivity index (χ4n) is 3.23. The Morgan fingerprint density at radius 1 is 1.00 bits per heavy atom. The topological polar surface area (TPSA) is 61.4 Å². The van der Waals surface area contributed by atoms with E-state index in [1.165, 1.54) is 12.5 Å². The fraction of sp³-hybridized carbons (Fsp3) is 0.250. The lowest BCUT2D eigenvalue weighted by atomic mass is 10.1. The third-order valence-electron chi connectivity index (χ3n) is 4.89. The van der Waals surface area contributed by atoms with E-state index in [1.54, 1.807) is 16.2 Å². The Labute approximate surface area is 190 Å². The summed E-state index contributed by atoms with van der Waals surface area (Å²) in [6, 6.07) is 13.1. The summed E-state index contributed by atoms with van der Waals surface area (Å²) in [6.45, 7) is 7.32. The molecule has 168 valence electrons. The molecule has 1 heterocycles. The largest absolute Gasteiger partial charge is 0.324 e. The average Bonchev–Trinajstić information content (AvgIpc) is 3.18. The van der Waals surface area contributed by atoms with Crippen molar-refractivity contribution in [3.05, 3.63) is 70.6 Å². The quantitative estimate of drug-likeness (QED) is 0.450. The van der Waals surface area contributed by atoms with Crippen LogP contribution in [0.3, 0.4) is 0 Å². The Balaban J connectivity index is 1.79. The van der Waals surface area contributed by atoms with Gasteiger partial charge in [-0.3, -0.25) is 4.79 Å². The smallest absolute Gasteiger partial charge is 0.322 e. The molecule has 0 aliphatic heterocycles. The number of nitrogens with one attached hydrogen (secondary N) is 2. The van der Waals surface area contributed by atoms with Gasteiger partial charge in [0.2, 0.25) is 5.91 Å². The molecule has 3 rings (SSSR count). The Hall–Kier alpha value is -3.26. The number of amides is 3. The first-order valence-electron chi connectivity index (χ1n) is 10.1. The lowest BCUT2D eigenvalue weighted by molar-refractivity contribution is -0.114. The summed E-state index contributed by atoms with van der Waals surface area (Å²) in [5.41, 5.74) is 1.90. The highest BCUT2D eigenvalue weighted by Crippen LogP contribution is 2.31. The van der Waals surface area contributed by atoms with Crippen molar-refractivity contribution in [2.24, 2.45) is 0 Å². The van der Waals surface area contributed by atoms with Crippen LogP contribution in [0.5, 0.6) is 0 Å². The van der Waals surface area contributed by atoms with Crippen molar-refractivity contribution in [1.82, 2.24) is 4.90 Å². The molecule has 0 aliphatic carbocycles. The highest BCUT2D eigenvalue weighted by Gasteiger charge is 2.21. The zero-order valence-electron chi connectivity index (χ0n) is 18.3. The first kappa shape index (κ1) is 23.4. The number of halogens is 2. The molecule has 3 amide bonds. The van der Waals surface area contributed by atoms with Gasteiger partial charge in [0, 0.05) is 28.8 Å². The number of benzene rings is 2. The molecule has 2 aromatic carbocycles. The summed E-state index contributed by atoms with van der Waals surface area (Å²) in [4.78, 5) is 27.8. The molecule has 5 nitrogen and oxygen atoms in total. The van der Waals surface area contributed by atoms with Gasteiger partial charge < -0.3 is 15.5 Å². The number of carbonyl (C=O) groups is 2. The number of hydrogen-bond donors (Lipinski definition) is 2. The van der Waals surface area contributed by atoms with Crippen LogP contribution in [0.1, 0.15) is 31.2 Å². The molecule has 32 heavy (non-hydrogen) atoms. The van der Waals surface area contributed by atoms with Crippen molar-refractivity contribution in [2.45, 2.75) is 40.3 Å². The molecular weight excluding hydrogens is 432 g/mol. The van der Waals surface area contributed by atoms with E-state index in [4.69, 9.17) is 0 Å². The molecule has 0 saturated carbocycles. The zero-order valence-corrected chi connectivity index (χ0v) is 19.1. The normalized spacial score (nSPS) is 10.8. The van der Waals surface area contributed by atoms with Gasteiger partial charge in [0.05, 0.1) is 17.9 Å². The molecule has 2 N–H and O–H groups in total. The minimum Gasteiger partial charge on any atom is -0.324 e. The van der Waals surface area contributed by atoms with E-state index in [9.17, 15) is 18.4 Å². The minimum absolute atomic E-state index is 0.169. The van der Waals surface area contributed by atoms with Crippen LogP contribution < -0.4 is 10.6 Å². The maximum Gasteiger partial charge on any atom is 0.322 e. The van der Waals surface area contributed by atoms with Crippen LogP contribution >= 0.6 is 11.3 Å². The number of aryl methyl sites for hydroxylation is 1. The zero-order chi connectivity index (χ0) is 23.4. The highest BCUT2D eigenvalue weighted by atomic mass is 32.1. The summed E-state index contributed by atoms with van der Waals surface area (Å²) in [6.07, 6.45) is 0. The molecule has 1 aromatic heterocycles. The number of anilines is 2. The van der Waals surface area contributed by atoms with Crippen molar-refractivity contribution in [3.63, 3.8) is 0 Å². The van der Waals surface area contributed by atoms with E-state index in [-0.39, 0.29) is 17.4 Å². The van der Waals surface area contributed by atoms with E-state index in [2.05, 4.69) is 29.7 Å². The second-order valence-corrected chi connectivity index (χ2v) is 8.89. The first-order chi connectivity index (χ1) is 15.2. The van der Waals surface area contributed by atoms with E-state index >= 15 is 0 Å². The summed E-state index contributed by atoms with van der Waals surface area (Å²) >= 11 is 1.59. The SMILES string of the molecule is CC(=O)Nc1cc(NC(=O)N(Cc2ccc(-c3ccccc3C)s2)C(C)C)c(F)cc1F. The second-order valence-electron chi connectivity index (χ2n) is 7.73. The average molecular weight is 458 g/mol. The van der Waals surface area contributed by atoms with Crippen molar-refractivity contribution in [1.29, 1.82) is 0 Å². The van der Waals surface area contributed by atoms with Gasteiger partial charge in [0.15, 0.2) is 0 Å². The molecule has 0 aliphatic rings. The van der Waals surface area contributed by atoms with Gasteiger partial charge >= 0.3 is 6.03 Å². The maximum atomic E-state index is 14.3. The van der Waals surface area contributed by atoms with Gasteiger partial charge in [-0.2, -0.15) is 0 Å². The van der Waals surface area contributed by atoms with Gasteiger partial charge in [-0.25, -0.2) is 13.6 Å². The van der Waals surface area contributed by atoms with Crippen LogP contribution in [0.25, 0.3) is 10.4 Å². The summed E-state index contributed by atoms with van der Waals surface area (Å²) in [5.74, 6) is -2.34. The molecule has 3 aromatic rings. The molecule has 0 radical (unpaired) electrons. The minimum atomic E-state index is -0.924.